The number of anilines is 1. The summed E-state index contributed by atoms with van der Waals surface area (Å²) in [5, 5.41) is 2.93. The van der Waals surface area contributed by atoms with Crippen molar-refractivity contribution in [2.75, 3.05) is 26.0 Å². The van der Waals surface area contributed by atoms with Crippen LogP contribution in [0.2, 0.25) is 0 Å². The average Bonchev–Trinajstić information content (AvgIpc) is 2.34. The van der Waals surface area contributed by atoms with Gasteiger partial charge in [-0.3, -0.25) is 4.79 Å². The van der Waals surface area contributed by atoms with Gasteiger partial charge < -0.3 is 10.2 Å². The van der Waals surface area contributed by atoms with Gasteiger partial charge in [0.15, 0.2) is 0 Å². The van der Waals surface area contributed by atoms with Crippen LogP contribution in [-0.4, -0.2) is 36.4 Å². The zero-order valence-electron chi connectivity index (χ0n) is 10.2. The molecule has 1 aromatic rings. The molecule has 1 rings (SSSR count). The van der Waals surface area contributed by atoms with E-state index in [2.05, 4.69) is 17.2 Å². The predicted octanol–water partition coefficient (Wildman–Crippen LogP) is 2.00. The molecule has 0 aliphatic heterocycles. The number of aromatic nitrogens is 1. The number of carbonyl (C=O) groups is 1. The highest BCUT2D eigenvalue weighted by molar-refractivity contribution is 5.98. The molecule has 1 heterocycles. The molecule has 1 amide bonds. The molecule has 88 valence electrons. The first-order valence-electron chi connectivity index (χ1n) is 5.59. The monoisotopic (exact) mass is 221 g/mol. The highest BCUT2D eigenvalue weighted by Gasteiger charge is 2.14. The summed E-state index contributed by atoms with van der Waals surface area (Å²) in [6.07, 6.45) is 3.79. The SMILES string of the molecule is CCCCN(C)C(=O)c1cccnc1NC. The number of pyridine rings is 1. The first kappa shape index (κ1) is 12.5. The smallest absolute Gasteiger partial charge is 0.257 e. The number of amides is 1. The van der Waals surface area contributed by atoms with Gasteiger partial charge in [0.2, 0.25) is 0 Å². The molecule has 0 aromatic carbocycles. The van der Waals surface area contributed by atoms with Gasteiger partial charge in [0.25, 0.3) is 5.91 Å². The van der Waals surface area contributed by atoms with Crippen molar-refractivity contribution in [3.8, 4) is 0 Å². The summed E-state index contributed by atoms with van der Waals surface area (Å²) in [6.45, 7) is 2.90. The zero-order valence-corrected chi connectivity index (χ0v) is 10.2. The molecule has 16 heavy (non-hydrogen) atoms. The minimum atomic E-state index is 0.0194. The lowest BCUT2D eigenvalue weighted by molar-refractivity contribution is 0.0794. The number of rotatable bonds is 5. The third-order valence-electron chi connectivity index (χ3n) is 2.47. The molecule has 0 fully saturated rings. The van der Waals surface area contributed by atoms with Crippen LogP contribution in [0.1, 0.15) is 30.1 Å². The molecule has 0 saturated carbocycles. The van der Waals surface area contributed by atoms with Crippen LogP contribution in [0.25, 0.3) is 0 Å². The molecule has 0 saturated heterocycles. The second-order valence-electron chi connectivity index (χ2n) is 3.73. The van der Waals surface area contributed by atoms with E-state index in [1.807, 2.05) is 7.05 Å². The maximum Gasteiger partial charge on any atom is 0.257 e. The lowest BCUT2D eigenvalue weighted by Crippen LogP contribution is -2.28. The van der Waals surface area contributed by atoms with E-state index >= 15 is 0 Å². The predicted molar refractivity (Wildman–Crippen MR) is 65.7 cm³/mol. The summed E-state index contributed by atoms with van der Waals surface area (Å²) < 4.78 is 0. The maximum absolute atomic E-state index is 12.1. The molecule has 0 aliphatic carbocycles. The molecule has 1 aromatic heterocycles. The van der Waals surface area contributed by atoms with E-state index < -0.39 is 0 Å². The fraction of sp³-hybridized carbons (Fsp3) is 0.500. The quantitative estimate of drug-likeness (QED) is 0.827. The van der Waals surface area contributed by atoms with Crippen LogP contribution in [0.3, 0.4) is 0 Å². The molecule has 1 N–H and O–H groups in total. The van der Waals surface area contributed by atoms with Crippen molar-refractivity contribution in [1.29, 1.82) is 0 Å². The van der Waals surface area contributed by atoms with E-state index in [0.717, 1.165) is 19.4 Å². The van der Waals surface area contributed by atoms with Crippen molar-refractivity contribution in [2.24, 2.45) is 0 Å². The Labute approximate surface area is 96.7 Å². The van der Waals surface area contributed by atoms with Crippen LogP contribution >= 0.6 is 0 Å². The van der Waals surface area contributed by atoms with E-state index in [1.54, 1.807) is 30.3 Å². The topological polar surface area (TPSA) is 45.2 Å². The Morgan fingerprint density at radius 3 is 2.94 bits per heavy atom. The molecule has 0 radical (unpaired) electrons. The average molecular weight is 221 g/mol. The minimum Gasteiger partial charge on any atom is -0.372 e. The number of unbranched alkanes of at least 4 members (excludes halogenated alkanes) is 1. The highest BCUT2D eigenvalue weighted by atomic mass is 16.2. The summed E-state index contributed by atoms with van der Waals surface area (Å²) >= 11 is 0. The Balaban J connectivity index is 2.79. The van der Waals surface area contributed by atoms with Crippen LogP contribution in [0.4, 0.5) is 5.82 Å². The van der Waals surface area contributed by atoms with Gasteiger partial charge in [0.05, 0.1) is 5.56 Å². The maximum atomic E-state index is 12.1. The second-order valence-corrected chi connectivity index (χ2v) is 3.73. The van der Waals surface area contributed by atoms with Crippen molar-refractivity contribution in [3.05, 3.63) is 23.9 Å². The number of hydrogen-bond donors (Lipinski definition) is 1. The number of nitrogens with one attached hydrogen (secondary N) is 1. The van der Waals surface area contributed by atoms with Crippen LogP contribution in [-0.2, 0) is 0 Å². The summed E-state index contributed by atoms with van der Waals surface area (Å²) in [7, 11) is 3.59. The van der Waals surface area contributed by atoms with E-state index in [0.29, 0.717) is 11.4 Å². The van der Waals surface area contributed by atoms with Crippen molar-refractivity contribution >= 4 is 11.7 Å². The molecule has 0 unspecified atom stereocenters. The third kappa shape index (κ3) is 2.95. The van der Waals surface area contributed by atoms with Gasteiger partial charge in [-0.25, -0.2) is 4.98 Å². The van der Waals surface area contributed by atoms with Crippen molar-refractivity contribution in [2.45, 2.75) is 19.8 Å². The Morgan fingerprint density at radius 2 is 2.31 bits per heavy atom. The van der Waals surface area contributed by atoms with Crippen molar-refractivity contribution in [1.82, 2.24) is 9.88 Å². The van der Waals surface area contributed by atoms with Crippen LogP contribution in [0.5, 0.6) is 0 Å². The summed E-state index contributed by atoms with van der Waals surface area (Å²) in [5.41, 5.74) is 0.628. The van der Waals surface area contributed by atoms with E-state index in [-0.39, 0.29) is 5.91 Å². The Bertz CT molecular complexity index is 352. The fourth-order valence-electron chi connectivity index (χ4n) is 1.48. The molecule has 0 aliphatic rings. The number of hydrogen-bond acceptors (Lipinski definition) is 3. The van der Waals surface area contributed by atoms with Crippen LogP contribution < -0.4 is 5.32 Å². The largest absolute Gasteiger partial charge is 0.372 e. The lowest BCUT2D eigenvalue weighted by Gasteiger charge is -2.17. The minimum absolute atomic E-state index is 0.0194. The Morgan fingerprint density at radius 1 is 1.56 bits per heavy atom. The van der Waals surface area contributed by atoms with Crippen LogP contribution in [0.15, 0.2) is 18.3 Å². The fourth-order valence-corrected chi connectivity index (χ4v) is 1.48. The zero-order chi connectivity index (χ0) is 12.0. The third-order valence-corrected chi connectivity index (χ3v) is 2.47. The lowest BCUT2D eigenvalue weighted by atomic mass is 10.2. The van der Waals surface area contributed by atoms with Gasteiger partial charge in [-0.2, -0.15) is 0 Å². The highest BCUT2D eigenvalue weighted by Crippen LogP contribution is 2.13. The van der Waals surface area contributed by atoms with Crippen molar-refractivity contribution < 1.29 is 4.79 Å². The molecular weight excluding hydrogens is 202 g/mol. The van der Waals surface area contributed by atoms with E-state index in [1.165, 1.54) is 0 Å². The molecule has 4 nitrogen and oxygen atoms in total. The first-order valence-corrected chi connectivity index (χ1v) is 5.59. The van der Waals surface area contributed by atoms with Gasteiger partial charge in [0.1, 0.15) is 5.82 Å². The molecule has 0 bridgehead atoms. The summed E-state index contributed by atoms with van der Waals surface area (Å²) in [5.74, 6) is 0.654. The Hall–Kier alpha value is -1.58. The van der Waals surface area contributed by atoms with E-state index in [4.69, 9.17) is 0 Å². The summed E-state index contributed by atoms with van der Waals surface area (Å²) in [6, 6.07) is 3.57. The second kappa shape index (κ2) is 6.10. The van der Waals surface area contributed by atoms with Crippen LogP contribution in [0, 0.1) is 0 Å². The number of carbonyl (C=O) groups excluding carboxylic acids is 1. The van der Waals surface area contributed by atoms with Gasteiger partial charge in [-0.1, -0.05) is 13.3 Å². The molecular formula is C12H19N3O. The van der Waals surface area contributed by atoms with Gasteiger partial charge in [-0.05, 0) is 18.6 Å². The first-order chi connectivity index (χ1) is 7.70. The number of nitrogens with zero attached hydrogens (tertiary/aromatic N) is 2. The van der Waals surface area contributed by atoms with Gasteiger partial charge in [0, 0.05) is 26.8 Å². The van der Waals surface area contributed by atoms with Gasteiger partial charge in [-0.15, -0.1) is 0 Å². The molecule has 0 spiro atoms. The van der Waals surface area contributed by atoms with Gasteiger partial charge >= 0.3 is 0 Å². The van der Waals surface area contributed by atoms with E-state index in [9.17, 15) is 4.79 Å². The Kier molecular flexibility index (Phi) is 4.76. The molecule has 4 heteroatoms. The molecule has 0 atom stereocenters. The summed E-state index contributed by atoms with van der Waals surface area (Å²) in [4.78, 5) is 17.9. The standard InChI is InChI=1S/C12H19N3O/c1-4-5-9-15(3)12(16)10-7-6-8-14-11(10)13-2/h6-8H,4-5,9H2,1-3H3,(H,13,14). The van der Waals surface area contributed by atoms with Crippen molar-refractivity contribution in [3.63, 3.8) is 0 Å². The normalized spacial score (nSPS) is 9.94.